The number of rotatable bonds is 6. The van der Waals surface area contributed by atoms with Gasteiger partial charge in [0.2, 0.25) is 17.7 Å². The Morgan fingerprint density at radius 3 is 2.74 bits per heavy atom. The normalized spacial score (nSPS) is 38.8. The molecule has 1 aromatic carbocycles. The molecule has 3 saturated heterocycles. The number of fused-ring (bicyclic) bond motifs is 1. The number of ether oxygens (including phenoxy) is 2. The summed E-state index contributed by atoms with van der Waals surface area (Å²) in [6.45, 7) is 5.27. The fourth-order valence-corrected chi connectivity index (χ4v) is 7.50. The van der Waals surface area contributed by atoms with Gasteiger partial charge in [-0.15, -0.1) is 0 Å². The standard InChI is InChI=1S/C29H35ClFN3O5/c1-15-5-3-7-21(16(15)2)33-27(36)25-29-11-10-22(39-29)23(26(35)32-17-8-9-20(31)19(30)13-17)24(29)28(37)34(25)14-18-6-4-12-38-18/h8-11,13,15-16,18,21-25H,3-7,12,14H2,1-2H3,(H,32,35)(H,33,36)/t15-,16-,18+,21+,22-,23-,24-,25+,29+/m1/s1. The Kier molecular flexibility index (Phi) is 6.96. The Labute approximate surface area is 232 Å². The largest absolute Gasteiger partial charge is 0.376 e. The third kappa shape index (κ3) is 4.46. The van der Waals surface area contributed by atoms with Gasteiger partial charge in [0.1, 0.15) is 17.5 Å². The van der Waals surface area contributed by atoms with Crippen LogP contribution in [0, 0.1) is 29.5 Å². The summed E-state index contributed by atoms with van der Waals surface area (Å²) in [7, 11) is 0. The number of nitrogens with one attached hydrogen (secondary N) is 2. The summed E-state index contributed by atoms with van der Waals surface area (Å²) in [5.74, 6) is -2.43. The number of anilines is 1. The zero-order valence-corrected chi connectivity index (χ0v) is 23.0. The third-order valence-corrected chi connectivity index (χ3v) is 9.86. The molecule has 210 valence electrons. The van der Waals surface area contributed by atoms with Gasteiger partial charge in [-0.25, -0.2) is 4.39 Å². The van der Waals surface area contributed by atoms with E-state index in [9.17, 15) is 18.8 Å². The average molecular weight is 560 g/mol. The predicted octanol–water partition coefficient (Wildman–Crippen LogP) is 3.69. The maximum atomic E-state index is 14.1. The molecular formula is C29H35ClFN3O5. The first kappa shape index (κ1) is 26.7. The number of likely N-dealkylation sites (tertiary alicyclic amines) is 1. The molecule has 5 aliphatic rings. The SMILES string of the molecule is C[C@@H]1[C@H](C)CCC[C@@H]1NC(=O)[C@@H]1N(C[C@@H]2CCCO2)C(=O)[C@H]2[C@H](C(=O)Nc3ccc(F)c(Cl)c3)[C@H]3C=C[C@@]12O3. The second-order valence-corrected chi connectivity index (χ2v) is 12.2. The van der Waals surface area contributed by atoms with Gasteiger partial charge in [0.05, 0.1) is 29.1 Å². The van der Waals surface area contributed by atoms with Crippen molar-refractivity contribution in [2.75, 3.05) is 18.5 Å². The molecule has 1 spiro atoms. The molecule has 0 radical (unpaired) electrons. The summed E-state index contributed by atoms with van der Waals surface area (Å²) in [5.41, 5.74) is -0.917. The zero-order valence-electron chi connectivity index (χ0n) is 22.2. The van der Waals surface area contributed by atoms with Crippen LogP contribution < -0.4 is 10.6 Å². The minimum Gasteiger partial charge on any atom is -0.376 e. The second kappa shape index (κ2) is 10.2. The number of halogens is 2. The van der Waals surface area contributed by atoms with Crippen LogP contribution >= 0.6 is 11.6 Å². The maximum absolute atomic E-state index is 14.1. The van der Waals surface area contributed by atoms with Gasteiger partial charge < -0.3 is 25.0 Å². The van der Waals surface area contributed by atoms with E-state index < -0.39 is 41.3 Å². The van der Waals surface area contributed by atoms with Crippen molar-refractivity contribution in [2.45, 2.75) is 75.8 Å². The topological polar surface area (TPSA) is 97.0 Å². The van der Waals surface area contributed by atoms with E-state index in [1.807, 2.05) is 6.08 Å². The predicted molar refractivity (Wildman–Crippen MR) is 142 cm³/mol. The number of hydrogen-bond donors (Lipinski definition) is 2. The molecular weight excluding hydrogens is 525 g/mol. The van der Waals surface area contributed by atoms with E-state index in [1.54, 1.807) is 11.0 Å². The molecule has 6 rings (SSSR count). The van der Waals surface area contributed by atoms with Gasteiger partial charge in [-0.05, 0) is 49.3 Å². The first-order chi connectivity index (χ1) is 18.7. The van der Waals surface area contributed by atoms with Crippen molar-refractivity contribution < 1.29 is 28.2 Å². The Morgan fingerprint density at radius 2 is 2.00 bits per heavy atom. The van der Waals surface area contributed by atoms with Crippen molar-refractivity contribution in [2.24, 2.45) is 23.7 Å². The van der Waals surface area contributed by atoms with Crippen molar-refractivity contribution >= 4 is 35.0 Å². The highest BCUT2D eigenvalue weighted by Crippen LogP contribution is 2.55. The smallest absolute Gasteiger partial charge is 0.246 e. The molecule has 4 aliphatic heterocycles. The lowest BCUT2D eigenvalue weighted by molar-refractivity contribution is -0.143. The van der Waals surface area contributed by atoms with Crippen LogP contribution in [0.3, 0.4) is 0 Å². The molecule has 0 unspecified atom stereocenters. The zero-order chi connectivity index (χ0) is 27.5. The van der Waals surface area contributed by atoms with Crippen molar-refractivity contribution in [1.29, 1.82) is 0 Å². The molecule has 9 atom stereocenters. The lowest BCUT2D eigenvalue weighted by Crippen LogP contribution is -2.58. The highest BCUT2D eigenvalue weighted by Gasteiger charge is 2.73. The lowest BCUT2D eigenvalue weighted by Gasteiger charge is -2.38. The number of amides is 3. The highest BCUT2D eigenvalue weighted by atomic mass is 35.5. The van der Waals surface area contributed by atoms with Crippen LogP contribution in [0.2, 0.25) is 5.02 Å². The Balaban J connectivity index is 1.29. The van der Waals surface area contributed by atoms with Gasteiger partial charge in [0.15, 0.2) is 0 Å². The number of carbonyl (C=O) groups excluding carboxylic acids is 3. The highest BCUT2D eigenvalue weighted by molar-refractivity contribution is 6.31. The Bertz CT molecular complexity index is 1210. The molecule has 1 aliphatic carbocycles. The van der Waals surface area contributed by atoms with Crippen molar-refractivity contribution in [3.05, 3.63) is 41.2 Å². The minimum absolute atomic E-state index is 0.0151. The Hall–Kier alpha value is -2.49. The molecule has 10 heteroatoms. The molecule has 39 heavy (non-hydrogen) atoms. The van der Waals surface area contributed by atoms with Crippen LogP contribution in [0.1, 0.15) is 46.0 Å². The number of hydrogen-bond acceptors (Lipinski definition) is 5. The Morgan fingerprint density at radius 1 is 1.18 bits per heavy atom. The minimum atomic E-state index is -1.24. The third-order valence-electron chi connectivity index (χ3n) is 9.57. The molecule has 4 heterocycles. The first-order valence-electron chi connectivity index (χ1n) is 14.0. The molecule has 1 aromatic rings. The van der Waals surface area contributed by atoms with Gasteiger partial charge in [0, 0.05) is 24.9 Å². The number of nitrogens with zero attached hydrogens (tertiary/aromatic N) is 1. The van der Waals surface area contributed by atoms with Gasteiger partial charge in [-0.2, -0.15) is 0 Å². The lowest BCUT2D eigenvalue weighted by atomic mass is 9.73. The van der Waals surface area contributed by atoms with E-state index in [4.69, 9.17) is 21.1 Å². The second-order valence-electron chi connectivity index (χ2n) is 11.8. The fraction of sp³-hybridized carbons (Fsp3) is 0.621. The van der Waals surface area contributed by atoms with Crippen LogP contribution in [0.15, 0.2) is 30.4 Å². The van der Waals surface area contributed by atoms with E-state index >= 15 is 0 Å². The van der Waals surface area contributed by atoms with Crippen molar-refractivity contribution in [1.82, 2.24) is 10.2 Å². The fourth-order valence-electron chi connectivity index (χ4n) is 7.32. The quantitative estimate of drug-likeness (QED) is 0.518. The van der Waals surface area contributed by atoms with Crippen molar-refractivity contribution in [3.63, 3.8) is 0 Å². The molecule has 4 fully saturated rings. The van der Waals surface area contributed by atoms with Crippen molar-refractivity contribution in [3.8, 4) is 0 Å². The molecule has 0 aromatic heterocycles. The van der Waals surface area contributed by atoms with E-state index in [0.29, 0.717) is 24.1 Å². The van der Waals surface area contributed by atoms with Crippen LogP contribution in [0.4, 0.5) is 10.1 Å². The van der Waals surface area contributed by atoms with Gasteiger partial charge >= 0.3 is 0 Å². The van der Waals surface area contributed by atoms with Crippen LogP contribution in [-0.2, 0) is 23.9 Å². The average Bonchev–Trinajstić information content (AvgIpc) is 3.67. The summed E-state index contributed by atoms with van der Waals surface area (Å²) in [4.78, 5) is 43.3. The maximum Gasteiger partial charge on any atom is 0.246 e. The van der Waals surface area contributed by atoms with Gasteiger partial charge in [0.25, 0.3) is 0 Å². The molecule has 2 N–H and O–H groups in total. The van der Waals surface area contributed by atoms with E-state index in [0.717, 1.165) is 32.1 Å². The number of carbonyl (C=O) groups is 3. The molecule has 1 saturated carbocycles. The van der Waals surface area contributed by atoms with Crippen LogP contribution in [0.5, 0.6) is 0 Å². The molecule has 3 amide bonds. The molecule has 8 nitrogen and oxygen atoms in total. The monoisotopic (exact) mass is 559 g/mol. The summed E-state index contributed by atoms with van der Waals surface area (Å²) >= 11 is 5.91. The van der Waals surface area contributed by atoms with Gasteiger partial charge in [-0.3, -0.25) is 14.4 Å². The summed E-state index contributed by atoms with van der Waals surface area (Å²) in [5, 5.41) is 5.92. The summed E-state index contributed by atoms with van der Waals surface area (Å²) in [6.07, 6.45) is 7.56. The first-order valence-corrected chi connectivity index (χ1v) is 14.4. The van der Waals surface area contributed by atoms with Gasteiger partial charge in [-0.1, -0.05) is 50.4 Å². The van der Waals surface area contributed by atoms with Crippen LogP contribution in [-0.4, -0.2) is 65.7 Å². The van der Waals surface area contributed by atoms with E-state index in [2.05, 4.69) is 24.5 Å². The molecule has 2 bridgehead atoms. The summed E-state index contributed by atoms with van der Waals surface area (Å²) in [6, 6.07) is 3.04. The summed E-state index contributed by atoms with van der Waals surface area (Å²) < 4.78 is 25.9. The van der Waals surface area contributed by atoms with E-state index in [-0.39, 0.29) is 35.5 Å². The van der Waals surface area contributed by atoms with Crippen LogP contribution in [0.25, 0.3) is 0 Å². The van der Waals surface area contributed by atoms with E-state index in [1.165, 1.54) is 18.2 Å². The number of benzene rings is 1.